The third-order valence-electron chi connectivity index (χ3n) is 6.63. The van der Waals surface area contributed by atoms with Crippen LogP contribution >= 0.6 is 11.6 Å². The quantitative estimate of drug-likeness (QED) is 0.361. The molecule has 1 saturated heterocycles. The van der Waals surface area contributed by atoms with Crippen molar-refractivity contribution in [1.82, 2.24) is 20.1 Å². The topological polar surface area (TPSA) is 88.7 Å². The highest BCUT2D eigenvalue weighted by molar-refractivity contribution is 6.31. The number of H-pyrrole nitrogens is 1. The number of hydrogen-bond acceptors (Lipinski definition) is 4. The van der Waals surface area contributed by atoms with Crippen molar-refractivity contribution in [3.05, 3.63) is 64.3 Å². The van der Waals surface area contributed by atoms with Gasteiger partial charge in [0.1, 0.15) is 17.3 Å². The molecule has 2 aromatic carbocycles. The summed E-state index contributed by atoms with van der Waals surface area (Å²) in [4.78, 5) is 33.2. The summed E-state index contributed by atoms with van der Waals surface area (Å²) in [7, 11) is 0. The molecule has 7 nitrogen and oxygen atoms in total. The minimum absolute atomic E-state index is 0.0241. The van der Waals surface area contributed by atoms with Crippen LogP contribution in [0.15, 0.2) is 42.5 Å². The molecule has 3 amide bonds. The van der Waals surface area contributed by atoms with E-state index >= 15 is 0 Å². The molecule has 1 fully saturated rings. The van der Waals surface area contributed by atoms with E-state index in [0.717, 1.165) is 27.1 Å². The number of rotatable bonds is 6. The molecule has 0 spiro atoms. The molecule has 0 aliphatic carbocycles. The number of fused-ring (bicyclic) bond motifs is 4. The number of urea groups is 1. The summed E-state index contributed by atoms with van der Waals surface area (Å²) in [5.74, 6) is -0.347. The number of phenolic OH excluding ortho intramolecular Hbond substituents is 1. The predicted octanol–water partition coefficient (Wildman–Crippen LogP) is 4.05. The van der Waals surface area contributed by atoms with Crippen LogP contribution in [0.1, 0.15) is 29.8 Å². The number of hydrogen-bond donors (Lipinski definition) is 3. The Morgan fingerprint density at radius 1 is 1.26 bits per heavy atom. The maximum absolute atomic E-state index is 13.6. The minimum atomic E-state index is -2.52. The Hall–Kier alpha value is -3.17. The number of alkyl halides is 2. The fraction of sp³-hybridized carbons (Fsp3) is 0.333. The van der Waals surface area contributed by atoms with Gasteiger partial charge in [0.15, 0.2) is 0 Å². The van der Waals surface area contributed by atoms with Crippen LogP contribution in [0, 0.1) is 0 Å². The molecule has 2 aliphatic heterocycles. The third kappa shape index (κ3) is 3.50. The van der Waals surface area contributed by atoms with Gasteiger partial charge < -0.3 is 15.4 Å². The number of halogens is 3. The molecule has 0 saturated carbocycles. The number of aromatic nitrogens is 1. The summed E-state index contributed by atoms with van der Waals surface area (Å²) in [6, 6.07) is 10.9. The Kier molecular flexibility index (Phi) is 5.49. The molecule has 2 aliphatic rings. The second-order valence-corrected chi connectivity index (χ2v) is 9.30. The maximum Gasteiger partial charge on any atom is 0.328 e. The van der Waals surface area contributed by atoms with E-state index in [9.17, 15) is 23.5 Å². The number of aromatic amines is 1. The molecule has 1 aromatic heterocycles. The normalized spacial score (nSPS) is 22.1. The van der Waals surface area contributed by atoms with Crippen LogP contribution < -0.4 is 5.32 Å². The Morgan fingerprint density at radius 3 is 2.79 bits per heavy atom. The standard InChI is InChI=1S/C24H23ClF2N4O3/c1-24-11-17-16-10-14(25)5-6-18(16)29-20(17)21(13-3-2-4-15(32)9-13)31(24)23(34)30(22(24)33)8-7-28-12-19(26)27/h2-6,9-10,19,21,28-29,32H,7-8,11-12H2,1H3. The van der Waals surface area contributed by atoms with Gasteiger partial charge in [-0.2, -0.15) is 0 Å². The van der Waals surface area contributed by atoms with Crippen LogP contribution in [0.2, 0.25) is 5.02 Å². The number of nitrogens with zero attached hydrogens (tertiary/aromatic N) is 2. The third-order valence-corrected chi connectivity index (χ3v) is 6.86. The van der Waals surface area contributed by atoms with Gasteiger partial charge in [-0.15, -0.1) is 0 Å². The lowest BCUT2D eigenvalue weighted by molar-refractivity contribution is -0.133. The highest BCUT2D eigenvalue weighted by Crippen LogP contribution is 2.49. The average molecular weight is 489 g/mol. The second-order valence-electron chi connectivity index (χ2n) is 8.86. The van der Waals surface area contributed by atoms with Crippen molar-refractivity contribution in [3.63, 3.8) is 0 Å². The lowest BCUT2D eigenvalue weighted by atomic mass is 9.81. The van der Waals surface area contributed by atoms with Crippen molar-refractivity contribution < 1.29 is 23.5 Å². The van der Waals surface area contributed by atoms with E-state index in [1.165, 1.54) is 11.0 Å². The summed E-state index contributed by atoms with van der Waals surface area (Å²) in [5, 5.41) is 14.1. The molecule has 10 heteroatoms. The van der Waals surface area contributed by atoms with Crippen molar-refractivity contribution in [2.75, 3.05) is 19.6 Å². The molecule has 2 atom stereocenters. The molecule has 3 N–H and O–H groups in total. The summed E-state index contributed by atoms with van der Waals surface area (Å²) in [5.41, 5.74) is 1.91. The van der Waals surface area contributed by atoms with Crippen LogP contribution in [0.5, 0.6) is 5.75 Å². The number of aromatic hydroxyl groups is 1. The van der Waals surface area contributed by atoms with E-state index in [4.69, 9.17) is 11.6 Å². The van der Waals surface area contributed by atoms with Crippen LogP contribution in [0.4, 0.5) is 13.6 Å². The molecular formula is C24H23ClF2N4O3. The number of phenols is 1. The highest BCUT2D eigenvalue weighted by Gasteiger charge is 2.60. The number of carbonyl (C=O) groups excluding carboxylic acids is 2. The largest absolute Gasteiger partial charge is 0.508 e. The molecule has 5 rings (SSSR count). The van der Waals surface area contributed by atoms with Crippen molar-refractivity contribution >= 4 is 34.4 Å². The van der Waals surface area contributed by atoms with Gasteiger partial charge >= 0.3 is 6.03 Å². The molecule has 34 heavy (non-hydrogen) atoms. The number of benzene rings is 2. The van der Waals surface area contributed by atoms with Gasteiger partial charge in [0.05, 0.1) is 6.54 Å². The number of nitrogens with one attached hydrogen (secondary N) is 2. The first kappa shape index (κ1) is 22.6. The van der Waals surface area contributed by atoms with Gasteiger partial charge in [-0.1, -0.05) is 23.7 Å². The van der Waals surface area contributed by atoms with Crippen molar-refractivity contribution in [2.24, 2.45) is 0 Å². The molecule has 0 bridgehead atoms. The van der Waals surface area contributed by atoms with Gasteiger partial charge in [-0.3, -0.25) is 14.6 Å². The fourth-order valence-electron chi connectivity index (χ4n) is 5.13. The van der Waals surface area contributed by atoms with Crippen LogP contribution in [-0.2, 0) is 11.2 Å². The predicted molar refractivity (Wildman–Crippen MR) is 123 cm³/mol. The Labute approximate surface area is 199 Å². The second kappa shape index (κ2) is 8.25. The molecule has 3 heterocycles. The number of imide groups is 1. The van der Waals surface area contributed by atoms with E-state index in [1.807, 2.05) is 12.1 Å². The first-order valence-electron chi connectivity index (χ1n) is 10.9. The Morgan fingerprint density at radius 2 is 2.06 bits per heavy atom. The van der Waals surface area contributed by atoms with Crippen molar-refractivity contribution in [1.29, 1.82) is 0 Å². The van der Waals surface area contributed by atoms with Gasteiger partial charge in [0.2, 0.25) is 0 Å². The number of carbonyl (C=O) groups is 2. The monoisotopic (exact) mass is 488 g/mol. The summed E-state index contributed by atoms with van der Waals surface area (Å²) < 4.78 is 25.0. The minimum Gasteiger partial charge on any atom is -0.508 e. The fourth-order valence-corrected chi connectivity index (χ4v) is 5.30. The zero-order valence-electron chi connectivity index (χ0n) is 18.3. The first-order valence-corrected chi connectivity index (χ1v) is 11.3. The van der Waals surface area contributed by atoms with Gasteiger partial charge in [0, 0.05) is 41.1 Å². The van der Waals surface area contributed by atoms with E-state index in [1.54, 1.807) is 31.2 Å². The van der Waals surface area contributed by atoms with Crippen molar-refractivity contribution in [3.8, 4) is 5.75 Å². The lowest BCUT2D eigenvalue weighted by Crippen LogP contribution is -2.53. The van der Waals surface area contributed by atoms with Crippen LogP contribution in [-0.4, -0.2) is 63.4 Å². The summed E-state index contributed by atoms with van der Waals surface area (Å²) >= 11 is 6.26. The Bertz CT molecular complexity index is 1300. The van der Waals surface area contributed by atoms with E-state index < -0.39 is 30.6 Å². The van der Waals surface area contributed by atoms with Crippen molar-refractivity contribution in [2.45, 2.75) is 31.4 Å². The lowest BCUT2D eigenvalue weighted by Gasteiger charge is -2.42. The molecular weight excluding hydrogens is 466 g/mol. The van der Waals surface area contributed by atoms with Gasteiger partial charge in [-0.25, -0.2) is 13.6 Å². The Balaban J connectivity index is 1.61. The molecule has 178 valence electrons. The van der Waals surface area contributed by atoms with Crippen LogP contribution in [0.25, 0.3) is 10.9 Å². The average Bonchev–Trinajstić information content (AvgIpc) is 3.22. The van der Waals surface area contributed by atoms with Gasteiger partial charge in [-0.05, 0) is 48.4 Å². The van der Waals surface area contributed by atoms with E-state index in [-0.39, 0.29) is 31.2 Å². The summed E-state index contributed by atoms with van der Waals surface area (Å²) in [6.45, 7) is 1.25. The molecule has 0 radical (unpaired) electrons. The smallest absolute Gasteiger partial charge is 0.328 e. The number of amides is 3. The zero-order valence-corrected chi connectivity index (χ0v) is 19.1. The summed E-state index contributed by atoms with van der Waals surface area (Å²) in [6.07, 6.45) is -2.25. The van der Waals surface area contributed by atoms with E-state index in [0.29, 0.717) is 10.6 Å². The zero-order chi connectivity index (χ0) is 24.2. The van der Waals surface area contributed by atoms with Gasteiger partial charge in [0.25, 0.3) is 12.3 Å². The SMILES string of the molecule is CC12Cc3c([nH]c4ccc(Cl)cc34)C(c3cccc(O)c3)N1C(=O)N(CCNCC(F)F)C2=O. The molecule has 3 aromatic rings. The van der Waals surface area contributed by atoms with Crippen LogP contribution in [0.3, 0.4) is 0 Å². The first-order chi connectivity index (χ1) is 16.2. The highest BCUT2D eigenvalue weighted by atomic mass is 35.5. The van der Waals surface area contributed by atoms with E-state index in [2.05, 4.69) is 10.3 Å². The maximum atomic E-state index is 13.6. The molecule has 2 unspecified atom stereocenters.